The zero-order chi connectivity index (χ0) is 35.3. The molecule has 1 aromatic rings. The number of benzene rings is 1. The van der Waals surface area contributed by atoms with E-state index in [9.17, 15) is 30.0 Å². The van der Waals surface area contributed by atoms with E-state index >= 15 is 0 Å². The van der Waals surface area contributed by atoms with Crippen molar-refractivity contribution in [3.63, 3.8) is 0 Å². The van der Waals surface area contributed by atoms with E-state index in [2.05, 4.69) is 27.9 Å². The molecule has 0 aliphatic carbocycles. The van der Waals surface area contributed by atoms with Crippen molar-refractivity contribution in [3.05, 3.63) is 27.8 Å². The highest BCUT2D eigenvalue weighted by Gasteiger charge is 2.07. The molecule has 1 aromatic carbocycles. The normalized spacial score (nSPS) is 11.1. The largest absolute Gasteiger partial charge is 0.507 e. The number of hydrogen-bond acceptors (Lipinski definition) is 7. The summed E-state index contributed by atoms with van der Waals surface area (Å²) in [6.07, 6.45) is 0. The van der Waals surface area contributed by atoms with E-state index in [4.69, 9.17) is 86.1 Å². The lowest BCUT2D eigenvalue weighted by molar-refractivity contribution is -0.114. The Morgan fingerprint density at radius 1 is 0.537 bits per heavy atom. The van der Waals surface area contributed by atoms with Crippen LogP contribution in [-0.2, 0) is 32.2 Å². The van der Waals surface area contributed by atoms with E-state index in [1.807, 2.05) is 24.3 Å². The van der Waals surface area contributed by atoms with Gasteiger partial charge in [-0.1, -0.05) is 0 Å². The molecule has 41 heavy (non-hydrogen) atoms. The minimum Gasteiger partial charge on any atom is -0.326 e. The zero-order valence-electron chi connectivity index (χ0n) is 18.9. The molecule has 1 rings (SSSR count). The Bertz CT molecular complexity index is 919. The molecule has 0 unspecified atom stereocenters. The first-order chi connectivity index (χ1) is 17.2. The molecule has 0 aliphatic heterocycles. The van der Waals surface area contributed by atoms with Crippen molar-refractivity contribution in [1.29, 1.82) is 0 Å². The van der Waals surface area contributed by atoms with Gasteiger partial charge in [-0.25, -0.2) is 27.4 Å². The Balaban J connectivity index is -0.0000000904. The molecule has 0 radical (unpaired) electrons. The fraction of sp³-hybridized carbons (Fsp3) is 0.125. The van der Waals surface area contributed by atoms with Crippen LogP contribution in [0.2, 0.25) is 0 Å². The highest BCUT2D eigenvalue weighted by atomic mass is 127. The molecule has 0 atom stereocenters. The van der Waals surface area contributed by atoms with Crippen LogP contribution in [0.25, 0.3) is 0 Å². The summed E-state index contributed by atoms with van der Waals surface area (Å²) in [5.41, 5.74) is 0.845. The van der Waals surface area contributed by atoms with Crippen LogP contribution in [0.15, 0.2) is 24.3 Å². The average Bonchev–Trinajstić information content (AvgIpc) is 2.47. The van der Waals surface area contributed by atoms with Crippen molar-refractivity contribution < 1.29 is 116 Å². The third-order valence-electron chi connectivity index (χ3n) is 1.16. The Morgan fingerprint density at radius 2 is 0.683 bits per heavy atom. The number of amides is 1. The van der Waals surface area contributed by atoms with Crippen molar-refractivity contribution in [2.24, 2.45) is 0 Å². The van der Waals surface area contributed by atoms with Gasteiger partial charge in [0.1, 0.15) is 0 Å². The molecule has 0 fully saturated rings. The number of anilines is 1. The summed E-state index contributed by atoms with van der Waals surface area (Å²) < 4.78 is 115. The first kappa shape index (κ1) is 53.5. The van der Waals surface area contributed by atoms with Gasteiger partial charge in [-0.15, -0.1) is 25.2 Å². The fourth-order valence-electron chi connectivity index (χ4n) is 0.736. The van der Waals surface area contributed by atoms with Crippen LogP contribution >= 0.6 is 70.0 Å². The molecule has 0 heterocycles. The van der Waals surface area contributed by atoms with Crippen LogP contribution in [0.1, 0.15) is 6.92 Å². The lowest BCUT2D eigenvalue weighted by Gasteiger charge is -1.99. The Morgan fingerprint density at radius 3 is 0.805 bits per heavy atom. The van der Waals surface area contributed by atoms with Gasteiger partial charge in [-0.3, -0.25) is 63.5 Å². The van der Waals surface area contributed by atoms with Gasteiger partial charge < -0.3 is 5.32 Å². The lowest BCUT2D eigenvalue weighted by atomic mass is 10.3. The van der Waals surface area contributed by atoms with Gasteiger partial charge in [0, 0.05) is 16.2 Å². The molecule has 33 heteroatoms. The lowest BCUT2D eigenvalue weighted by Crippen LogP contribution is -2.05. The molecule has 0 saturated heterocycles. The van der Waals surface area contributed by atoms with E-state index in [1.54, 1.807) is 0 Å². The third-order valence-corrected chi connectivity index (χ3v) is 1.88. The second-order valence-electron chi connectivity index (χ2n) is 5.03. The number of carbonyl (C=O) groups is 1. The highest BCUT2D eigenvalue weighted by Crippen LogP contribution is 2.37. The summed E-state index contributed by atoms with van der Waals surface area (Å²) in [7, 11) is -30.8. The highest BCUT2D eigenvalue weighted by molar-refractivity contribution is 14.1. The molecule has 0 aliphatic rings. The van der Waals surface area contributed by atoms with E-state index in [0.29, 0.717) is 0 Å². The van der Waals surface area contributed by atoms with Gasteiger partial charge >= 0.3 is 47.4 Å². The second kappa shape index (κ2) is 24.2. The first-order valence-electron chi connectivity index (χ1n) is 7.72. The minimum absolute atomic E-state index is 0.0359. The number of nitrogens with one attached hydrogen (secondary N) is 1. The molecular formula is C8H20F6INO19P6. The van der Waals surface area contributed by atoms with E-state index in [1.165, 1.54) is 6.92 Å². The maximum absolute atomic E-state index is 10.6. The second-order valence-corrected chi connectivity index (χ2v) is 11.9. The number of carbonyl (C=O) groups excluding carboxylic acids is 1. The van der Waals surface area contributed by atoms with E-state index in [-0.39, 0.29) is 5.91 Å². The maximum atomic E-state index is 10.6. The summed E-state index contributed by atoms with van der Waals surface area (Å²) in [5, 5.41) is 2.69. The van der Waals surface area contributed by atoms with Crippen molar-refractivity contribution in [2.45, 2.75) is 6.92 Å². The molecule has 1 amide bonds. The average molecular weight is 861 g/mol. The van der Waals surface area contributed by atoms with Crippen molar-refractivity contribution in [2.75, 3.05) is 5.32 Å². The Hall–Kier alpha value is -0.100. The smallest absolute Gasteiger partial charge is 0.326 e. The van der Waals surface area contributed by atoms with Crippen LogP contribution in [0.4, 0.5) is 30.9 Å². The van der Waals surface area contributed by atoms with E-state index in [0.717, 1.165) is 9.26 Å². The van der Waals surface area contributed by atoms with Crippen molar-refractivity contribution in [1.82, 2.24) is 0 Å². The fourth-order valence-corrected chi connectivity index (χ4v) is 1.10. The topological polar surface area (TPSA) is 374 Å². The van der Waals surface area contributed by atoms with E-state index < -0.39 is 47.4 Å². The number of hydrogen-bond donors (Lipinski definition) is 13. The van der Waals surface area contributed by atoms with Crippen LogP contribution in [0, 0.1) is 3.57 Å². The van der Waals surface area contributed by atoms with Gasteiger partial charge in [-0.05, 0) is 46.9 Å². The molecule has 250 valence electrons. The first-order valence-corrected chi connectivity index (χ1v) is 17.8. The van der Waals surface area contributed by atoms with Crippen molar-refractivity contribution >= 4 is 81.6 Å². The summed E-state index contributed by atoms with van der Waals surface area (Å²) in [6, 6.07) is 7.66. The van der Waals surface area contributed by atoms with Gasteiger partial charge in [-0.2, -0.15) is 0 Å². The molecule has 0 saturated carbocycles. The number of rotatable bonds is 1. The number of halogens is 7. The van der Waals surface area contributed by atoms with Gasteiger partial charge in [0.25, 0.3) is 0 Å². The molecular weight excluding hydrogens is 841 g/mol. The molecule has 13 N–H and O–H groups in total. The summed E-state index contributed by atoms with van der Waals surface area (Å²) in [5.74, 6) is -0.0359. The molecule has 20 nitrogen and oxygen atoms in total. The molecule has 0 aromatic heterocycles. The monoisotopic (exact) mass is 861 g/mol. The Labute approximate surface area is 237 Å². The molecule has 0 spiro atoms. The quantitative estimate of drug-likeness (QED) is 0.110. The summed E-state index contributed by atoms with van der Waals surface area (Å²) in [6.45, 7) is 1.50. The minimum atomic E-state index is -5.14. The SMILES string of the molecule is CC(=O)Nc1ccc(I)cc1.O=P(O)(O)F.O=P(O)(O)F.O=P(O)(O)F.O=P(O)(O)F.O=P(O)(O)F.O=P(O)(O)F. The maximum Gasteiger partial charge on any atom is 0.507 e. The van der Waals surface area contributed by atoms with Crippen LogP contribution < -0.4 is 5.32 Å². The van der Waals surface area contributed by atoms with Crippen LogP contribution in [0.3, 0.4) is 0 Å². The predicted octanol–water partition coefficient (Wildman–Crippen LogP) is 2.54. The predicted molar refractivity (Wildman–Crippen MR) is 132 cm³/mol. The summed E-state index contributed by atoms with van der Waals surface area (Å²) in [4.78, 5) is 94.2. The van der Waals surface area contributed by atoms with Crippen molar-refractivity contribution in [3.8, 4) is 0 Å². The van der Waals surface area contributed by atoms with Crippen LogP contribution in [0.5, 0.6) is 0 Å². The van der Waals surface area contributed by atoms with Crippen LogP contribution in [-0.4, -0.2) is 64.6 Å². The zero-order valence-corrected chi connectivity index (χ0v) is 26.4. The van der Waals surface area contributed by atoms with Gasteiger partial charge in [0.15, 0.2) is 0 Å². The standard InChI is InChI=1S/C8H8INO.6FH2O3P/c1-6(11)10-8-4-2-7(9)3-5-8;6*1-5(2,3)4/h2-5H,1H3,(H,10,11);6*(H2,2,3,4). The summed E-state index contributed by atoms with van der Waals surface area (Å²) >= 11 is 2.22. The third kappa shape index (κ3) is 297. The Kier molecular flexibility index (Phi) is 31.6. The molecule has 0 bridgehead atoms. The van der Waals surface area contributed by atoms with Gasteiger partial charge in [0.2, 0.25) is 5.91 Å². The van der Waals surface area contributed by atoms with Gasteiger partial charge in [0.05, 0.1) is 0 Å².